The van der Waals surface area contributed by atoms with Gasteiger partial charge >= 0.3 is 0 Å². The number of hydrogen-bond acceptors (Lipinski definition) is 6. The summed E-state index contributed by atoms with van der Waals surface area (Å²) in [5, 5.41) is 3.85. The normalized spacial score (nSPS) is 19.6. The van der Waals surface area contributed by atoms with Crippen molar-refractivity contribution >= 4 is 21.7 Å². The first-order valence-corrected chi connectivity index (χ1v) is 6.59. The summed E-state index contributed by atoms with van der Waals surface area (Å²) in [6.07, 6.45) is 2.04. The Kier molecular flexibility index (Phi) is 3.39. The molecule has 0 bridgehead atoms. The maximum absolute atomic E-state index is 11.8. The lowest BCUT2D eigenvalue weighted by Gasteiger charge is -2.16. The number of carbonyl (C=O) groups is 1. The fraction of sp³-hybridized carbons (Fsp3) is 0.333. The van der Waals surface area contributed by atoms with E-state index in [4.69, 9.17) is 9.26 Å². The van der Waals surface area contributed by atoms with E-state index in [0.29, 0.717) is 37.0 Å². The number of ketones is 1. The molecule has 7 heteroatoms. The third kappa shape index (κ3) is 2.57. The third-order valence-corrected chi connectivity index (χ3v) is 3.33. The van der Waals surface area contributed by atoms with Gasteiger partial charge in [-0.25, -0.2) is 0 Å². The molecule has 1 saturated heterocycles. The van der Waals surface area contributed by atoms with E-state index in [0.717, 1.165) is 4.47 Å². The van der Waals surface area contributed by atoms with E-state index >= 15 is 0 Å². The fourth-order valence-electron chi connectivity index (χ4n) is 1.84. The van der Waals surface area contributed by atoms with Crippen LogP contribution < -0.4 is 0 Å². The SMILES string of the molecule is O=C1CCOCC1c1nc(-c2ccc(Br)cn2)no1. The lowest BCUT2D eigenvalue weighted by atomic mass is 10.0. The van der Waals surface area contributed by atoms with Gasteiger partial charge < -0.3 is 9.26 Å². The van der Waals surface area contributed by atoms with E-state index in [9.17, 15) is 4.79 Å². The highest BCUT2D eigenvalue weighted by Gasteiger charge is 2.30. The Morgan fingerprint density at radius 1 is 1.37 bits per heavy atom. The molecule has 2 aromatic heterocycles. The van der Waals surface area contributed by atoms with Crippen LogP contribution >= 0.6 is 15.9 Å². The first kappa shape index (κ1) is 12.4. The highest BCUT2D eigenvalue weighted by Crippen LogP contribution is 2.23. The molecule has 0 spiro atoms. The second-order valence-corrected chi connectivity index (χ2v) is 5.08. The van der Waals surface area contributed by atoms with Gasteiger partial charge in [0.05, 0.1) is 13.2 Å². The molecule has 1 aliphatic rings. The van der Waals surface area contributed by atoms with E-state index in [1.807, 2.05) is 6.07 Å². The van der Waals surface area contributed by atoms with Gasteiger partial charge in [-0.2, -0.15) is 4.98 Å². The average Bonchev–Trinajstić information content (AvgIpc) is 2.89. The molecule has 0 amide bonds. The van der Waals surface area contributed by atoms with E-state index < -0.39 is 5.92 Å². The van der Waals surface area contributed by atoms with Gasteiger partial charge in [-0.1, -0.05) is 5.16 Å². The summed E-state index contributed by atoms with van der Waals surface area (Å²) in [5.74, 6) is 0.293. The molecule has 1 aliphatic heterocycles. The van der Waals surface area contributed by atoms with Crippen LogP contribution in [0.4, 0.5) is 0 Å². The van der Waals surface area contributed by atoms with E-state index in [-0.39, 0.29) is 5.78 Å². The van der Waals surface area contributed by atoms with Gasteiger partial charge in [0, 0.05) is 17.1 Å². The third-order valence-electron chi connectivity index (χ3n) is 2.86. The molecule has 1 fully saturated rings. The second-order valence-electron chi connectivity index (χ2n) is 4.16. The van der Waals surface area contributed by atoms with E-state index in [2.05, 4.69) is 31.1 Å². The topological polar surface area (TPSA) is 78.1 Å². The number of hydrogen-bond donors (Lipinski definition) is 0. The quantitative estimate of drug-likeness (QED) is 0.840. The van der Waals surface area contributed by atoms with Crippen LogP contribution in [0.2, 0.25) is 0 Å². The Morgan fingerprint density at radius 3 is 3.00 bits per heavy atom. The maximum Gasteiger partial charge on any atom is 0.239 e. The van der Waals surface area contributed by atoms with Crippen LogP contribution in [0.3, 0.4) is 0 Å². The molecule has 98 valence electrons. The van der Waals surface area contributed by atoms with Crippen molar-refractivity contribution in [2.24, 2.45) is 0 Å². The second kappa shape index (κ2) is 5.18. The number of halogens is 1. The zero-order chi connectivity index (χ0) is 13.2. The monoisotopic (exact) mass is 323 g/mol. The molecule has 1 unspecified atom stereocenters. The number of rotatable bonds is 2. The molecule has 3 rings (SSSR count). The number of Topliss-reactive ketones (excluding diaryl/α,β-unsaturated/α-hetero) is 1. The number of ether oxygens (including phenoxy) is 1. The van der Waals surface area contributed by atoms with Crippen molar-refractivity contribution in [1.29, 1.82) is 0 Å². The van der Waals surface area contributed by atoms with Crippen LogP contribution in [0.1, 0.15) is 18.2 Å². The summed E-state index contributed by atoms with van der Waals surface area (Å²) >= 11 is 3.31. The molecule has 3 heterocycles. The molecule has 19 heavy (non-hydrogen) atoms. The minimum atomic E-state index is -0.453. The Bertz CT molecular complexity index is 597. The zero-order valence-corrected chi connectivity index (χ0v) is 11.5. The van der Waals surface area contributed by atoms with Gasteiger partial charge in [0.15, 0.2) is 0 Å². The molecular weight excluding hydrogens is 314 g/mol. The first-order chi connectivity index (χ1) is 9.24. The average molecular weight is 324 g/mol. The molecular formula is C12H10BrN3O3. The summed E-state index contributed by atoms with van der Waals surface area (Å²) in [6.45, 7) is 0.763. The molecule has 0 radical (unpaired) electrons. The Labute approximate surface area is 117 Å². The zero-order valence-electron chi connectivity index (χ0n) is 9.88. The number of pyridine rings is 1. The van der Waals surface area contributed by atoms with Crippen LogP contribution in [0.15, 0.2) is 27.3 Å². The van der Waals surface area contributed by atoms with E-state index in [1.165, 1.54) is 0 Å². The lowest BCUT2D eigenvalue weighted by Crippen LogP contribution is -2.25. The van der Waals surface area contributed by atoms with Gasteiger partial charge in [-0.15, -0.1) is 0 Å². The molecule has 1 atom stereocenters. The van der Waals surface area contributed by atoms with Crippen molar-refractivity contribution in [2.75, 3.05) is 13.2 Å². The standard InChI is InChI=1S/C12H10BrN3O3/c13-7-1-2-9(14-5-7)11-15-12(19-16-11)8-6-18-4-3-10(8)17/h1-2,5,8H,3-4,6H2. The number of carbonyl (C=O) groups excluding carboxylic acids is 1. The molecule has 0 N–H and O–H groups in total. The number of aromatic nitrogens is 3. The minimum absolute atomic E-state index is 0.0743. The summed E-state index contributed by atoms with van der Waals surface area (Å²) in [6, 6.07) is 3.62. The highest BCUT2D eigenvalue weighted by molar-refractivity contribution is 9.10. The van der Waals surface area contributed by atoms with Crippen LogP contribution in [-0.4, -0.2) is 34.1 Å². The first-order valence-electron chi connectivity index (χ1n) is 5.80. The van der Waals surface area contributed by atoms with Crippen LogP contribution in [-0.2, 0) is 9.53 Å². The number of nitrogens with zero attached hydrogens (tertiary/aromatic N) is 3. The maximum atomic E-state index is 11.8. The summed E-state index contributed by atoms with van der Waals surface area (Å²) < 4.78 is 11.3. The van der Waals surface area contributed by atoms with Gasteiger partial charge in [-0.3, -0.25) is 9.78 Å². The van der Waals surface area contributed by atoms with Gasteiger partial charge in [0.2, 0.25) is 11.7 Å². The highest BCUT2D eigenvalue weighted by atomic mass is 79.9. The smallest absolute Gasteiger partial charge is 0.239 e. The fourth-order valence-corrected chi connectivity index (χ4v) is 2.07. The Balaban J connectivity index is 1.86. The van der Waals surface area contributed by atoms with Crippen LogP contribution in [0, 0.1) is 0 Å². The molecule has 0 saturated carbocycles. The van der Waals surface area contributed by atoms with Crippen molar-refractivity contribution in [3.8, 4) is 11.5 Å². The van der Waals surface area contributed by atoms with E-state index in [1.54, 1.807) is 12.3 Å². The van der Waals surface area contributed by atoms with Crippen molar-refractivity contribution < 1.29 is 14.1 Å². The predicted octanol–water partition coefficient (Wildman–Crippen LogP) is 1.97. The van der Waals surface area contributed by atoms with Gasteiger partial charge in [0.1, 0.15) is 17.4 Å². The van der Waals surface area contributed by atoms with Crippen molar-refractivity contribution in [1.82, 2.24) is 15.1 Å². The Morgan fingerprint density at radius 2 is 2.26 bits per heavy atom. The molecule has 0 aliphatic carbocycles. The molecule has 2 aromatic rings. The molecule has 6 nitrogen and oxygen atoms in total. The minimum Gasteiger partial charge on any atom is -0.380 e. The molecule has 0 aromatic carbocycles. The summed E-state index contributed by atoms with van der Waals surface area (Å²) in [5.41, 5.74) is 0.599. The van der Waals surface area contributed by atoms with Crippen LogP contribution in [0.5, 0.6) is 0 Å². The summed E-state index contributed by atoms with van der Waals surface area (Å²) in [7, 11) is 0. The predicted molar refractivity (Wildman–Crippen MR) is 68.4 cm³/mol. The van der Waals surface area contributed by atoms with Crippen LogP contribution in [0.25, 0.3) is 11.5 Å². The largest absolute Gasteiger partial charge is 0.380 e. The van der Waals surface area contributed by atoms with Crippen molar-refractivity contribution in [3.05, 3.63) is 28.7 Å². The van der Waals surface area contributed by atoms with Crippen molar-refractivity contribution in [2.45, 2.75) is 12.3 Å². The van der Waals surface area contributed by atoms with Gasteiger partial charge in [0.25, 0.3) is 0 Å². The Hall–Kier alpha value is -1.60. The van der Waals surface area contributed by atoms with Gasteiger partial charge in [-0.05, 0) is 28.1 Å². The lowest BCUT2D eigenvalue weighted by molar-refractivity contribution is -0.127. The van der Waals surface area contributed by atoms with Crippen molar-refractivity contribution in [3.63, 3.8) is 0 Å². The summed E-state index contributed by atoms with van der Waals surface area (Å²) in [4.78, 5) is 20.2.